The van der Waals surface area contributed by atoms with Crippen molar-refractivity contribution in [3.63, 3.8) is 0 Å². The highest BCUT2D eigenvalue weighted by Crippen LogP contribution is 2.23. The SMILES string of the molecule is CN1Cc2cc(F)ccc2[S+]([O-])CCNC(=O)c2cnn3ccc1nc23. The highest BCUT2D eigenvalue weighted by molar-refractivity contribution is 7.91. The molecule has 1 aliphatic heterocycles. The van der Waals surface area contributed by atoms with E-state index < -0.39 is 11.2 Å². The van der Waals surface area contributed by atoms with Gasteiger partial charge in [-0.1, -0.05) is 0 Å². The fraction of sp³-hybridized carbons (Fsp3) is 0.235. The Kier molecular flexibility index (Phi) is 4.25. The number of aromatic nitrogens is 3. The van der Waals surface area contributed by atoms with Gasteiger partial charge in [0.2, 0.25) is 0 Å². The predicted octanol–water partition coefficient (Wildman–Crippen LogP) is 1.36. The Hall–Kier alpha value is -2.65. The number of benzene rings is 1. The van der Waals surface area contributed by atoms with Crippen molar-refractivity contribution in [3.05, 3.63) is 53.6 Å². The van der Waals surface area contributed by atoms with Crippen LogP contribution in [-0.4, -0.2) is 44.4 Å². The Labute approximate surface area is 152 Å². The molecule has 1 aromatic carbocycles. The highest BCUT2D eigenvalue weighted by atomic mass is 32.2. The van der Waals surface area contributed by atoms with Crippen LogP contribution in [0.4, 0.5) is 10.2 Å². The smallest absolute Gasteiger partial charge is 0.256 e. The van der Waals surface area contributed by atoms with Gasteiger partial charge in [0.25, 0.3) is 5.91 Å². The lowest BCUT2D eigenvalue weighted by Gasteiger charge is -2.20. The number of carbonyl (C=O) groups excluding carboxylic acids is 1. The normalized spacial score (nSPS) is 18.0. The third kappa shape index (κ3) is 2.99. The summed E-state index contributed by atoms with van der Waals surface area (Å²) in [7, 11) is 1.81. The lowest BCUT2D eigenvalue weighted by Crippen LogP contribution is -2.29. The second-order valence-electron chi connectivity index (χ2n) is 6.03. The molecule has 1 aliphatic rings. The third-order valence-corrected chi connectivity index (χ3v) is 5.70. The summed E-state index contributed by atoms with van der Waals surface area (Å²) in [6.45, 7) is 0.571. The summed E-state index contributed by atoms with van der Waals surface area (Å²) in [5.41, 5.74) is 1.42. The molecule has 1 atom stereocenters. The minimum atomic E-state index is -1.35. The van der Waals surface area contributed by atoms with Gasteiger partial charge in [-0.2, -0.15) is 5.10 Å². The van der Waals surface area contributed by atoms with Crippen LogP contribution >= 0.6 is 0 Å². The van der Waals surface area contributed by atoms with Crippen LogP contribution in [0.3, 0.4) is 0 Å². The quantitative estimate of drug-likeness (QED) is 0.602. The van der Waals surface area contributed by atoms with Gasteiger partial charge >= 0.3 is 0 Å². The first kappa shape index (κ1) is 16.8. The maximum absolute atomic E-state index is 13.7. The lowest BCUT2D eigenvalue weighted by molar-refractivity contribution is 0.0957. The molecule has 1 unspecified atom stereocenters. The third-order valence-electron chi connectivity index (χ3n) is 4.24. The maximum atomic E-state index is 13.7. The lowest BCUT2D eigenvalue weighted by atomic mass is 10.2. The van der Waals surface area contributed by atoms with E-state index in [0.717, 1.165) is 0 Å². The van der Waals surface area contributed by atoms with Crippen molar-refractivity contribution in [2.24, 2.45) is 0 Å². The first-order valence-corrected chi connectivity index (χ1v) is 9.35. The summed E-state index contributed by atoms with van der Waals surface area (Å²) in [6, 6.07) is 6.00. The molecule has 0 fully saturated rings. The molecule has 9 heteroatoms. The standard InChI is InChI=1S/C17H16FN5O2S/c1-22-10-11-8-12(18)2-3-14(11)26(25)7-5-19-17(24)13-9-20-23-6-4-15(22)21-16(13)23/h2-4,6,8-9H,5,7,10H2,1H3,(H,19,24). The van der Waals surface area contributed by atoms with Crippen molar-refractivity contribution >= 4 is 28.5 Å². The number of amides is 1. The molecular formula is C17H16FN5O2S. The Balaban J connectivity index is 1.82. The molecule has 3 heterocycles. The fourth-order valence-electron chi connectivity index (χ4n) is 2.92. The van der Waals surface area contributed by atoms with Crippen LogP contribution in [0, 0.1) is 5.82 Å². The van der Waals surface area contributed by atoms with Crippen LogP contribution in [0.5, 0.6) is 0 Å². The van der Waals surface area contributed by atoms with Gasteiger partial charge in [-0.05, 0) is 35.4 Å². The molecule has 4 rings (SSSR count). The summed E-state index contributed by atoms with van der Waals surface area (Å²) in [5, 5.41) is 6.88. The van der Waals surface area contributed by atoms with E-state index in [0.29, 0.717) is 34.0 Å². The van der Waals surface area contributed by atoms with Crippen LogP contribution in [-0.2, 0) is 17.7 Å². The number of anilines is 1. The second-order valence-corrected chi connectivity index (χ2v) is 7.56. The average Bonchev–Trinajstić information content (AvgIpc) is 3.04. The van der Waals surface area contributed by atoms with Crippen LogP contribution in [0.25, 0.3) is 5.65 Å². The number of fused-ring (bicyclic) bond motifs is 2. The van der Waals surface area contributed by atoms with Gasteiger partial charge in [-0.3, -0.25) is 4.79 Å². The molecule has 7 nitrogen and oxygen atoms in total. The van der Waals surface area contributed by atoms with E-state index in [4.69, 9.17) is 0 Å². The molecule has 0 saturated heterocycles. The minimum absolute atomic E-state index is 0.231. The van der Waals surface area contributed by atoms with E-state index in [1.807, 2.05) is 11.9 Å². The predicted molar refractivity (Wildman–Crippen MR) is 95.1 cm³/mol. The Morgan fingerprint density at radius 3 is 3.04 bits per heavy atom. The number of carbonyl (C=O) groups is 1. The summed E-state index contributed by atoms with van der Waals surface area (Å²) < 4.78 is 27.9. The number of halogens is 1. The summed E-state index contributed by atoms with van der Waals surface area (Å²) in [4.78, 5) is 19.3. The van der Waals surface area contributed by atoms with Crippen molar-refractivity contribution in [3.8, 4) is 0 Å². The van der Waals surface area contributed by atoms with Gasteiger partial charge < -0.3 is 14.8 Å². The molecule has 2 bridgehead atoms. The van der Waals surface area contributed by atoms with E-state index in [-0.39, 0.29) is 24.0 Å². The molecule has 0 radical (unpaired) electrons. The highest BCUT2D eigenvalue weighted by Gasteiger charge is 2.21. The van der Waals surface area contributed by atoms with Crippen molar-refractivity contribution in [2.45, 2.75) is 11.4 Å². The van der Waals surface area contributed by atoms with Crippen molar-refractivity contribution in [1.29, 1.82) is 0 Å². The zero-order valence-electron chi connectivity index (χ0n) is 14.0. The topological polar surface area (TPSA) is 85.6 Å². The minimum Gasteiger partial charge on any atom is -0.611 e. The molecule has 0 aliphatic carbocycles. The molecule has 2 aromatic heterocycles. The molecular weight excluding hydrogens is 357 g/mol. The van der Waals surface area contributed by atoms with Gasteiger partial charge in [0.05, 0.1) is 12.7 Å². The van der Waals surface area contributed by atoms with Crippen molar-refractivity contribution < 1.29 is 13.7 Å². The summed E-state index contributed by atoms with van der Waals surface area (Å²) in [5.74, 6) is 0.146. The number of rotatable bonds is 0. The van der Waals surface area contributed by atoms with Gasteiger partial charge in [0, 0.05) is 25.4 Å². The van der Waals surface area contributed by atoms with Crippen LogP contribution in [0.2, 0.25) is 0 Å². The largest absolute Gasteiger partial charge is 0.611 e. The first-order valence-electron chi connectivity index (χ1n) is 8.03. The van der Waals surface area contributed by atoms with E-state index in [9.17, 15) is 13.7 Å². The fourth-order valence-corrected chi connectivity index (χ4v) is 4.07. The van der Waals surface area contributed by atoms with Crippen molar-refractivity contribution in [2.75, 3.05) is 24.2 Å². The Morgan fingerprint density at radius 2 is 2.19 bits per heavy atom. The van der Waals surface area contributed by atoms with E-state index in [2.05, 4.69) is 15.4 Å². The Morgan fingerprint density at radius 1 is 1.35 bits per heavy atom. The molecule has 0 spiro atoms. The summed E-state index contributed by atoms with van der Waals surface area (Å²) in [6.07, 6.45) is 3.18. The molecule has 26 heavy (non-hydrogen) atoms. The monoisotopic (exact) mass is 373 g/mol. The van der Waals surface area contributed by atoms with Gasteiger partial charge in [0.1, 0.15) is 23.0 Å². The Bertz CT molecular complexity index is 992. The number of nitrogens with zero attached hydrogens (tertiary/aromatic N) is 4. The summed E-state index contributed by atoms with van der Waals surface area (Å²) >= 11 is -1.35. The second kappa shape index (κ2) is 6.58. The molecule has 1 N–H and O–H groups in total. The van der Waals surface area contributed by atoms with Crippen LogP contribution in [0.15, 0.2) is 41.6 Å². The zero-order valence-corrected chi connectivity index (χ0v) is 14.8. The molecule has 134 valence electrons. The number of hydrogen-bond donors (Lipinski definition) is 1. The number of nitrogens with one attached hydrogen (secondary N) is 1. The number of hydrogen-bond acceptors (Lipinski definition) is 5. The van der Waals surface area contributed by atoms with Crippen LogP contribution in [0.1, 0.15) is 15.9 Å². The average molecular weight is 373 g/mol. The first-order chi connectivity index (χ1) is 12.5. The zero-order chi connectivity index (χ0) is 18.3. The maximum Gasteiger partial charge on any atom is 0.256 e. The molecule has 1 amide bonds. The van der Waals surface area contributed by atoms with Crippen LogP contribution < -0.4 is 10.2 Å². The molecule has 3 aromatic rings. The van der Waals surface area contributed by atoms with Gasteiger partial charge in [-0.25, -0.2) is 13.9 Å². The van der Waals surface area contributed by atoms with E-state index in [1.165, 1.54) is 22.8 Å². The van der Waals surface area contributed by atoms with Gasteiger partial charge in [0.15, 0.2) is 10.5 Å². The van der Waals surface area contributed by atoms with Gasteiger partial charge in [-0.15, -0.1) is 0 Å². The van der Waals surface area contributed by atoms with Crippen molar-refractivity contribution in [1.82, 2.24) is 19.9 Å². The van der Waals surface area contributed by atoms with E-state index in [1.54, 1.807) is 18.3 Å². The molecule has 0 saturated carbocycles. The van der Waals surface area contributed by atoms with E-state index >= 15 is 0 Å².